The van der Waals surface area contributed by atoms with Gasteiger partial charge in [0.25, 0.3) is 0 Å². The lowest BCUT2D eigenvalue weighted by molar-refractivity contribution is -0.121. The van der Waals surface area contributed by atoms with Crippen molar-refractivity contribution in [1.82, 2.24) is 9.88 Å². The topological polar surface area (TPSA) is 64.2 Å². The molecule has 1 N–H and O–H groups in total. The molecule has 5 nitrogen and oxygen atoms in total. The Hall–Kier alpha value is -3.31. The lowest BCUT2D eigenvalue weighted by Gasteiger charge is -2.20. The monoisotopic (exact) mass is 420 g/mol. The van der Waals surface area contributed by atoms with E-state index < -0.39 is 5.76 Å². The van der Waals surface area contributed by atoms with E-state index in [4.69, 9.17) is 16.0 Å². The highest BCUT2D eigenvalue weighted by Gasteiger charge is 2.17. The summed E-state index contributed by atoms with van der Waals surface area (Å²) in [5.74, 6) is -0.498. The fourth-order valence-electron chi connectivity index (χ4n) is 3.55. The van der Waals surface area contributed by atoms with Crippen LogP contribution < -0.4 is 11.1 Å². The van der Waals surface area contributed by atoms with Crippen LogP contribution in [0.25, 0.3) is 11.1 Å². The van der Waals surface area contributed by atoms with E-state index in [1.807, 2.05) is 72.8 Å². The number of para-hydroxylation sites is 2. The number of nitrogens with one attached hydrogen (secondary N) is 1. The molecule has 1 atom stereocenters. The Morgan fingerprint density at radius 2 is 1.70 bits per heavy atom. The number of oxazole rings is 1. The van der Waals surface area contributed by atoms with Crippen LogP contribution in [0.2, 0.25) is 5.02 Å². The lowest BCUT2D eigenvalue weighted by atomic mass is 9.98. The van der Waals surface area contributed by atoms with Gasteiger partial charge < -0.3 is 9.73 Å². The first-order valence-electron chi connectivity index (χ1n) is 9.80. The third-order valence-corrected chi connectivity index (χ3v) is 5.21. The molecule has 1 aromatic heterocycles. The molecule has 0 saturated heterocycles. The molecule has 30 heavy (non-hydrogen) atoms. The molecule has 0 fully saturated rings. The second-order valence-electron chi connectivity index (χ2n) is 7.06. The van der Waals surface area contributed by atoms with Crippen molar-refractivity contribution in [2.45, 2.75) is 25.4 Å². The Morgan fingerprint density at radius 3 is 2.50 bits per heavy atom. The molecular weight excluding hydrogens is 400 g/mol. The van der Waals surface area contributed by atoms with Gasteiger partial charge in [0.1, 0.15) is 0 Å². The van der Waals surface area contributed by atoms with Crippen LogP contribution in [0.3, 0.4) is 0 Å². The SMILES string of the molecule is O=C(CCCn1c(=O)oc2ccccc21)NC(c1ccccc1)c1cccc(Cl)c1. The molecule has 0 aliphatic rings. The van der Waals surface area contributed by atoms with Crippen LogP contribution in [0.1, 0.15) is 30.0 Å². The van der Waals surface area contributed by atoms with Crippen LogP contribution in [0.5, 0.6) is 0 Å². The van der Waals surface area contributed by atoms with E-state index in [0.717, 1.165) is 16.6 Å². The average molecular weight is 421 g/mol. The van der Waals surface area contributed by atoms with Crippen LogP contribution in [-0.4, -0.2) is 10.5 Å². The number of aryl methyl sites for hydroxylation is 1. The summed E-state index contributed by atoms with van der Waals surface area (Å²) in [5, 5.41) is 3.72. The van der Waals surface area contributed by atoms with Crippen LogP contribution in [0.4, 0.5) is 0 Å². The molecule has 0 bridgehead atoms. The van der Waals surface area contributed by atoms with E-state index in [9.17, 15) is 9.59 Å². The molecule has 4 rings (SSSR count). The number of fused-ring (bicyclic) bond motifs is 1. The van der Waals surface area contributed by atoms with Crippen molar-refractivity contribution in [3.8, 4) is 0 Å². The van der Waals surface area contributed by atoms with Gasteiger partial charge in [-0.15, -0.1) is 0 Å². The van der Waals surface area contributed by atoms with Gasteiger partial charge in [0.2, 0.25) is 5.91 Å². The summed E-state index contributed by atoms with van der Waals surface area (Å²) < 4.78 is 6.81. The quantitative estimate of drug-likeness (QED) is 0.461. The van der Waals surface area contributed by atoms with Crippen molar-refractivity contribution < 1.29 is 9.21 Å². The summed E-state index contributed by atoms with van der Waals surface area (Å²) >= 11 is 6.16. The number of benzene rings is 3. The molecule has 1 unspecified atom stereocenters. The van der Waals surface area contributed by atoms with Crippen LogP contribution in [-0.2, 0) is 11.3 Å². The maximum atomic E-state index is 12.7. The number of aromatic nitrogens is 1. The zero-order chi connectivity index (χ0) is 20.9. The molecule has 0 radical (unpaired) electrons. The molecule has 6 heteroatoms. The van der Waals surface area contributed by atoms with E-state index >= 15 is 0 Å². The van der Waals surface area contributed by atoms with Crippen LogP contribution >= 0.6 is 11.6 Å². The van der Waals surface area contributed by atoms with Gasteiger partial charge in [-0.05, 0) is 41.8 Å². The molecule has 0 saturated carbocycles. The molecule has 0 aliphatic heterocycles. The van der Waals surface area contributed by atoms with Gasteiger partial charge in [0, 0.05) is 18.0 Å². The molecule has 3 aromatic carbocycles. The van der Waals surface area contributed by atoms with Crippen molar-refractivity contribution in [1.29, 1.82) is 0 Å². The molecule has 0 aliphatic carbocycles. The lowest BCUT2D eigenvalue weighted by Crippen LogP contribution is -2.29. The molecule has 4 aromatic rings. The Bertz CT molecular complexity index is 1210. The van der Waals surface area contributed by atoms with Crippen LogP contribution in [0, 0.1) is 0 Å². The Kier molecular flexibility index (Phi) is 6.00. The number of halogens is 1. The second-order valence-corrected chi connectivity index (χ2v) is 7.49. The second kappa shape index (κ2) is 9.01. The summed E-state index contributed by atoms with van der Waals surface area (Å²) in [5.41, 5.74) is 3.19. The molecule has 1 heterocycles. The van der Waals surface area contributed by atoms with Gasteiger partial charge in [-0.3, -0.25) is 9.36 Å². The highest BCUT2D eigenvalue weighted by Crippen LogP contribution is 2.24. The van der Waals surface area contributed by atoms with Gasteiger partial charge in [-0.25, -0.2) is 4.79 Å². The minimum Gasteiger partial charge on any atom is -0.408 e. The fourth-order valence-corrected chi connectivity index (χ4v) is 3.75. The van der Waals surface area contributed by atoms with Crippen molar-refractivity contribution in [3.05, 3.63) is 106 Å². The number of carbonyl (C=O) groups is 1. The molecule has 1 amide bonds. The molecule has 152 valence electrons. The highest BCUT2D eigenvalue weighted by molar-refractivity contribution is 6.30. The molecule has 0 spiro atoms. The first kappa shape index (κ1) is 20.0. The summed E-state index contributed by atoms with van der Waals surface area (Å²) in [6.45, 7) is 0.413. The van der Waals surface area contributed by atoms with Crippen molar-refractivity contribution in [3.63, 3.8) is 0 Å². The van der Waals surface area contributed by atoms with Gasteiger partial charge in [0.05, 0.1) is 11.6 Å². The van der Waals surface area contributed by atoms with E-state index in [1.54, 1.807) is 10.6 Å². The van der Waals surface area contributed by atoms with Gasteiger partial charge >= 0.3 is 5.76 Å². The third-order valence-electron chi connectivity index (χ3n) is 4.98. The zero-order valence-corrected chi connectivity index (χ0v) is 17.0. The summed E-state index contributed by atoms with van der Waals surface area (Å²) in [4.78, 5) is 24.8. The van der Waals surface area contributed by atoms with E-state index in [-0.39, 0.29) is 18.4 Å². The van der Waals surface area contributed by atoms with E-state index in [0.29, 0.717) is 23.6 Å². The zero-order valence-electron chi connectivity index (χ0n) is 16.3. The van der Waals surface area contributed by atoms with E-state index in [1.165, 1.54) is 0 Å². The molecular formula is C24H21ClN2O3. The minimum atomic E-state index is -0.405. The van der Waals surface area contributed by atoms with Gasteiger partial charge in [0.15, 0.2) is 5.58 Å². The number of rotatable bonds is 7. The number of carbonyl (C=O) groups excluding carboxylic acids is 1. The number of hydrogen-bond acceptors (Lipinski definition) is 3. The fraction of sp³-hybridized carbons (Fsp3) is 0.167. The Labute approximate surface area is 178 Å². The third kappa shape index (κ3) is 4.47. The van der Waals surface area contributed by atoms with Gasteiger partial charge in [-0.2, -0.15) is 0 Å². The Balaban J connectivity index is 1.45. The predicted molar refractivity (Wildman–Crippen MR) is 118 cm³/mol. The van der Waals surface area contributed by atoms with Crippen molar-refractivity contribution >= 4 is 28.6 Å². The van der Waals surface area contributed by atoms with Crippen molar-refractivity contribution in [2.75, 3.05) is 0 Å². The first-order valence-corrected chi connectivity index (χ1v) is 10.2. The number of amides is 1. The van der Waals surface area contributed by atoms with Gasteiger partial charge in [-0.1, -0.05) is 66.2 Å². The summed E-state index contributed by atoms with van der Waals surface area (Å²) in [6.07, 6.45) is 0.808. The maximum absolute atomic E-state index is 12.7. The smallest absolute Gasteiger partial charge is 0.408 e. The largest absolute Gasteiger partial charge is 0.419 e. The van der Waals surface area contributed by atoms with Crippen LogP contribution in [0.15, 0.2) is 88.1 Å². The highest BCUT2D eigenvalue weighted by atomic mass is 35.5. The normalized spacial score (nSPS) is 12.0. The van der Waals surface area contributed by atoms with E-state index in [2.05, 4.69) is 5.32 Å². The maximum Gasteiger partial charge on any atom is 0.419 e. The number of hydrogen-bond donors (Lipinski definition) is 1. The minimum absolute atomic E-state index is 0.0929. The standard InChI is InChI=1S/C24H21ClN2O3/c25-19-11-6-10-18(16-19)23(17-8-2-1-3-9-17)26-22(28)14-7-15-27-20-12-4-5-13-21(20)30-24(27)29/h1-6,8-13,16,23H,7,14-15H2,(H,26,28). The van der Waals surface area contributed by atoms with Crippen molar-refractivity contribution in [2.24, 2.45) is 0 Å². The summed E-state index contributed by atoms with van der Waals surface area (Å²) in [6, 6.07) is 24.2. The predicted octanol–water partition coefficient (Wildman–Crippen LogP) is 4.93. The summed E-state index contributed by atoms with van der Waals surface area (Å²) in [7, 11) is 0. The average Bonchev–Trinajstić information content (AvgIpc) is 3.08. The number of nitrogens with zero attached hydrogens (tertiary/aromatic N) is 1. The Morgan fingerprint density at radius 1 is 0.967 bits per heavy atom. The first-order chi connectivity index (χ1) is 14.6.